The molecule has 0 spiro atoms. The molecule has 7 nitrogen and oxygen atoms in total. The molecule has 0 bridgehead atoms. The Balaban J connectivity index is 1.39. The number of fused-ring (bicyclic) bond motifs is 3. The molecule has 170 valence electrons. The summed E-state index contributed by atoms with van der Waals surface area (Å²) in [6.45, 7) is 3.51. The van der Waals surface area contributed by atoms with Crippen molar-refractivity contribution in [1.29, 1.82) is 0 Å². The Morgan fingerprint density at radius 1 is 0.853 bits per heavy atom. The fourth-order valence-electron chi connectivity index (χ4n) is 4.59. The first-order valence-electron chi connectivity index (χ1n) is 11.3. The Morgan fingerprint density at radius 3 is 2.47 bits per heavy atom. The van der Waals surface area contributed by atoms with Crippen LogP contribution in [0.3, 0.4) is 0 Å². The predicted octanol–water partition coefficient (Wildman–Crippen LogP) is 4.93. The van der Waals surface area contributed by atoms with Gasteiger partial charge in [-0.2, -0.15) is 4.52 Å². The van der Waals surface area contributed by atoms with Crippen LogP contribution >= 0.6 is 11.6 Å². The molecule has 6 rings (SSSR count). The van der Waals surface area contributed by atoms with E-state index < -0.39 is 0 Å². The fourth-order valence-corrected chi connectivity index (χ4v) is 4.78. The minimum atomic E-state index is 0.660. The van der Waals surface area contributed by atoms with E-state index in [4.69, 9.17) is 21.3 Å². The Bertz CT molecular complexity index is 1490. The number of anilines is 2. The largest absolute Gasteiger partial charge is 0.497 e. The topological polar surface area (TPSA) is 58.8 Å². The van der Waals surface area contributed by atoms with Crippen molar-refractivity contribution in [2.45, 2.75) is 0 Å². The molecule has 0 saturated carbocycles. The molecule has 8 heteroatoms. The van der Waals surface area contributed by atoms with Gasteiger partial charge in [0.15, 0.2) is 5.65 Å². The Morgan fingerprint density at radius 2 is 1.65 bits per heavy atom. The minimum absolute atomic E-state index is 0.660. The second-order valence-electron chi connectivity index (χ2n) is 8.31. The summed E-state index contributed by atoms with van der Waals surface area (Å²) < 4.78 is 7.22. The molecule has 0 aliphatic carbocycles. The fraction of sp³-hybridized carbons (Fsp3) is 0.192. The number of ether oxygens (including phenoxy) is 1. The second-order valence-corrected chi connectivity index (χ2v) is 8.75. The van der Waals surface area contributed by atoms with E-state index in [9.17, 15) is 0 Å². The maximum absolute atomic E-state index is 6.25. The van der Waals surface area contributed by atoms with Gasteiger partial charge in [0.05, 0.1) is 12.6 Å². The van der Waals surface area contributed by atoms with Gasteiger partial charge in [0.25, 0.3) is 0 Å². The van der Waals surface area contributed by atoms with Crippen molar-refractivity contribution in [3.8, 4) is 17.0 Å². The van der Waals surface area contributed by atoms with E-state index in [1.54, 1.807) is 7.11 Å². The maximum atomic E-state index is 6.25. The van der Waals surface area contributed by atoms with Crippen LogP contribution in [0.5, 0.6) is 5.75 Å². The molecule has 0 amide bonds. The quantitative estimate of drug-likeness (QED) is 0.371. The molecule has 1 fully saturated rings. The number of aromatic nitrogens is 4. The number of piperazine rings is 1. The van der Waals surface area contributed by atoms with Crippen molar-refractivity contribution < 1.29 is 4.74 Å². The van der Waals surface area contributed by atoms with Gasteiger partial charge in [-0.1, -0.05) is 47.1 Å². The smallest absolute Gasteiger partial charge is 0.186 e. The number of para-hydroxylation sites is 1. The number of hydrogen-bond donors (Lipinski definition) is 0. The molecular formula is C26H23ClN6O. The summed E-state index contributed by atoms with van der Waals surface area (Å²) in [5.74, 6) is 1.83. The highest BCUT2D eigenvalue weighted by Gasteiger charge is 2.23. The van der Waals surface area contributed by atoms with E-state index in [1.165, 1.54) is 5.69 Å². The zero-order chi connectivity index (χ0) is 23.1. The lowest BCUT2D eigenvalue weighted by Crippen LogP contribution is -2.47. The lowest BCUT2D eigenvalue weighted by Gasteiger charge is -2.37. The van der Waals surface area contributed by atoms with Crippen LogP contribution in [0.25, 0.3) is 27.8 Å². The highest BCUT2D eigenvalue weighted by atomic mass is 35.5. The zero-order valence-electron chi connectivity index (χ0n) is 18.7. The first-order chi connectivity index (χ1) is 16.7. The number of halogens is 1. The molecule has 0 N–H and O–H groups in total. The average molecular weight is 471 g/mol. The van der Waals surface area contributed by atoms with Crippen molar-refractivity contribution >= 4 is 39.7 Å². The number of nitrogens with zero attached hydrogens (tertiary/aromatic N) is 6. The monoisotopic (exact) mass is 470 g/mol. The van der Waals surface area contributed by atoms with Gasteiger partial charge in [-0.05, 0) is 36.4 Å². The summed E-state index contributed by atoms with van der Waals surface area (Å²) in [5, 5.41) is 10.6. The molecule has 34 heavy (non-hydrogen) atoms. The third-order valence-corrected chi connectivity index (χ3v) is 6.56. The minimum Gasteiger partial charge on any atom is -0.497 e. The SMILES string of the molecule is COc1cccc(N2CCN(c3nc4c(-c5cccc(Cl)c5)nnn4c4ccccc34)CC2)c1. The van der Waals surface area contributed by atoms with Crippen LogP contribution in [-0.2, 0) is 0 Å². The molecule has 0 unspecified atom stereocenters. The number of methoxy groups -OCH3 is 1. The summed E-state index contributed by atoms with van der Waals surface area (Å²) in [7, 11) is 1.70. The molecule has 5 aromatic rings. The maximum Gasteiger partial charge on any atom is 0.186 e. The van der Waals surface area contributed by atoms with Gasteiger partial charge in [0, 0.05) is 53.9 Å². The highest BCUT2D eigenvalue weighted by Crippen LogP contribution is 2.32. The average Bonchev–Trinajstić information content (AvgIpc) is 3.33. The van der Waals surface area contributed by atoms with Crippen molar-refractivity contribution in [2.24, 2.45) is 0 Å². The lowest BCUT2D eigenvalue weighted by atomic mass is 10.1. The van der Waals surface area contributed by atoms with Crippen LogP contribution < -0.4 is 14.5 Å². The number of benzene rings is 3. The van der Waals surface area contributed by atoms with Crippen LogP contribution in [0.15, 0.2) is 72.8 Å². The number of rotatable bonds is 4. The first kappa shape index (κ1) is 20.7. The Hall–Kier alpha value is -3.84. The summed E-state index contributed by atoms with van der Waals surface area (Å²) in [6, 6.07) is 24.1. The standard InChI is InChI=1S/C26H23ClN6O/c1-34-21-9-5-8-20(17-21)31-12-14-32(15-13-31)25-22-10-2-3-11-23(22)33-26(28-25)24(29-30-33)18-6-4-7-19(27)16-18/h2-11,16-17H,12-15H2,1H3. The van der Waals surface area contributed by atoms with Crippen molar-refractivity contribution in [3.05, 3.63) is 77.8 Å². The van der Waals surface area contributed by atoms with E-state index in [-0.39, 0.29) is 0 Å². The molecule has 3 aromatic carbocycles. The van der Waals surface area contributed by atoms with Crippen molar-refractivity contribution in [2.75, 3.05) is 43.1 Å². The van der Waals surface area contributed by atoms with E-state index in [0.717, 1.165) is 65.6 Å². The van der Waals surface area contributed by atoms with E-state index in [2.05, 4.69) is 44.4 Å². The molecular weight excluding hydrogens is 448 g/mol. The van der Waals surface area contributed by atoms with Gasteiger partial charge in [0.2, 0.25) is 0 Å². The Labute approximate surface area is 202 Å². The van der Waals surface area contributed by atoms with E-state index in [1.807, 2.05) is 53.0 Å². The molecule has 1 aliphatic heterocycles. The van der Waals surface area contributed by atoms with Gasteiger partial charge >= 0.3 is 0 Å². The van der Waals surface area contributed by atoms with Crippen LogP contribution in [0.4, 0.5) is 11.5 Å². The second kappa shape index (κ2) is 8.50. The van der Waals surface area contributed by atoms with Crippen molar-refractivity contribution in [1.82, 2.24) is 19.8 Å². The van der Waals surface area contributed by atoms with Gasteiger partial charge < -0.3 is 14.5 Å². The zero-order valence-corrected chi connectivity index (χ0v) is 19.5. The van der Waals surface area contributed by atoms with Gasteiger partial charge in [-0.3, -0.25) is 0 Å². The lowest BCUT2D eigenvalue weighted by molar-refractivity contribution is 0.414. The third kappa shape index (κ3) is 3.58. The summed E-state index contributed by atoms with van der Waals surface area (Å²) in [4.78, 5) is 9.84. The van der Waals surface area contributed by atoms with Gasteiger partial charge in [-0.25, -0.2) is 4.98 Å². The Kier molecular flexibility index (Phi) is 5.19. The normalized spacial score (nSPS) is 14.2. The predicted molar refractivity (Wildman–Crippen MR) is 136 cm³/mol. The van der Waals surface area contributed by atoms with Crippen LogP contribution in [-0.4, -0.2) is 53.1 Å². The molecule has 0 radical (unpaired) electrons. The summed E-state index contributed by atoms with van der Waals surface area (Å²) in [5.41, 5.74) is 4.52. The third-order valence-electron chi connectivity index (χ3n) is 6.33. The summed E-state index contributed by atoms with van der Waals surface area (Å²) >= 11 is 6.25. The molecule has 2 aromatic heterocycles. The van der Waals surface area contributed by atoms with Gasteiger partial charge in [-0.15, -0.1) is 5.10 Å². The van der Waals surface area contributed by atoms with Crippen LogP contribution in [0.2, 0.25) is 5.02 Å². The van der Waals surface area contributed by atoms with E-state index >= 15 is 0 Å². The molecule has 1 aliphatic rings. The highest BCUT2D eigenvalue weighted by molar-refractivity contribution is 6.30. The molecule has 3 heterocycles. The van der Waals surface area contributed by atoms with E-state index in [0.29, 0.717) is 5.02 Å². The van der Waals surface area contributed by atoms with Crippen LogP contribution in [0.1, 0.15) is 0 Å². The molecule has 1 saturated heterocycles. The van der Waals surface area contributed by atoms with Gasteiger partial charge in [0.1, 0.15) is 17.3 Å². The summed E-state index contributed by atoms with van der Waals surface area (Å²) in [6.07, 6.45) is 0. The van der Waals surface area contributed by atoms with Crippen LogP contribution in [0, 0.1) is 0 Å². The first-order valence-corrected chi connectivity index (χ1v) is 11.6. The number of hydrogen-bond acceptors (Lipinski definition) is 6. The van der Waals surface area contributed by atoms with Crippen molar-refractivity contribution in [3.63, 3.8) is 0 Å². The molecule has 0 atom stereocenters.